The van der Waals surface area contributed by atoms with Gasteiger partial charge in [-0.15, -0.1) is 0 Å². The number of ether oxygens (including phenoxy) is 2. The molecule has 6 nitrogen and oxygen atoms in total. The number of carbonyl (C=O) groups excluding carboxylic acids is 2. The fraction of sp³-hybridized carbons (Fsp3) is 0.385. The molecule has 0 saturated carbocycles. The number of benzene rings is 1. The number of para-hydroxylation sites is 1. The van der Waals surface area contributed by atoms with Crippen LogP contribution in [0.2, 0.25) is 0 Å². The number of amides is 2. The lowest BCUT2D eigenvalue weighted by Gasteiger charge is -2.08. The minimum atomic E-state index is -0.354. The smallest absolute Gasteiger partial charge is 0.314 e. The van der Waals surface area contributed by atoms with E-state index in [-0.39, 0.29) is 25.0 Å². The Balaban J connectivity index is 2.03. The second-order valence-corrected chi connectivity index (χ2v) is 3.67. The molecular weight excluding hydrogens is 248 g/mol. The summed E-state index contributed by atoms with van der Waals surface area (Å²) in [6.45, 7) is 1.02. The highest BCUT2D eigenvalue weighted by atomic mass is 16.5. The van der Waals surface area contributed by atoms with E-state index in [4.69, 9.17) is 4.74 Å². The quantitative estimate of drug-likeness (QED) is 0.568. The first-order chi connectivity index (χ1) is 9.22. The van der Waals surface area contributed by atoms with Gasteiger partial charge < -0.3 is 20.1 Å². The van der Waals surface area contributed by atoms with Gasteiger partial charge in [0.2, 0.25) is 0 Å². The summed E-state index contributed by atoms with van der Waals surface area (Å²) in [6, 6.07) is 9.01. The molecule has 0 aliphatic rings. The third-order valence-corrected chi connectivity index (χ3v) is 2.24. The fourth-order valence-corrected chi connectivity index (χ4v) is 1.29. The number of rotatable bonds is 7. The summed E-state index contributed by atoms with van der Waals surface area (Å²) in [5.74, 6) is 0.406. The van der Waals surface area contributed by atoms with Crippen molar-refractivity contribution in [3.05, 3.63) is 30.3 Å². The molecule has 0 bridgehead atoms. The zero-order chi connectivity index (χ0) is 13.9. The van der Waals surface area contributed by atoms with Crippen molar-refractivity contribution in [1.29, 1.82) is 0 Å². The molecule has 19 heavy (non-hydrogen) atoms. The molecule has 6 heteroatoms. The predicted octanol–water partition coefficient (Wildman–Crippen LogP) is 0.928. The van der Waals surface area contributed by atoms with Crippen LogP contribution < -0.4 is 15.4 Å². The molecule has 0 atom stereocenters. The minimum Gasteiger partial charge on any atom is -0.492 e. The van der Waals surface area contributed by atoms with Gasteiger partial charge in [-0.05, 0) is 12.1 Å². The summed E-state index contributed by atoms with van der Waals surface area (Å²) in [5, 5.41) is 5.16. The molecule has 104 valence electrons. The van der Waals surface area contributed by atoms with Gasteiger partial charge in [-0.3, -0.25) is 4.79 Å². The highest BCUT2D eigenvalue weighted by Crippen LogP contribution is 2.07. The average Bonchev–Trinajstić information content (AvgIpc) is 2.44. The first-order valence-corrected chi connectivity index (χ1v) is 5.98. The van der Waals surface area contributed by atoms with E-state index in [1.54, 1.807) is 0 Å². The van der Waals surface area contributed by atoms with Crippen molar-refractivity contribution >= 4 is 12.0 Å². The van der Waals surface area contributed by atoms with E-state index in [0.717, 1.165) is 5.75 Å². The summed E-state index contributed by atoms with van der Waals surface area (Å²) in [5.41, 5.74) is 0. The SMILES string of the molecule is COC(=O)CCNC(=O)NCCOc1ccccc1. The van der Waals surface area contributed by atoms with Crippen molar-refractivity contribution in [1.82, 2.24) is 10.6 Å². The van der Waals surface area contributed by atoms with Gasteiger partial charge in [0.05, 0.1) is 20.1 Å². The van der Waals surface area contributed by atoms with E-state index in [9.17, 15) is 9.59 Å². The average molecular weight is 266 g/mol. The molecule has 2 amide bonds. The van der Waals surface area contributed by atoms with Gasteiger partial charge in [0, 0.05) is 6.54 Å². The Morgan fingerprint density at radius 2 is 1.79 bits per heavy atom. The first-order valence-electron chi connectivity index (χ1n) is 5.98. The van der Waals surface area contributed by atoms with Crippen molar-refractivity contribution < 1.29 is 19.1 Å². The highest BCUT2D eigenvalue weighted by Gasteiger charge is 2.02. The number of carbonyl (C=O) groups is 2. The normalized spacial score (nSPS) is 9.53. The Labute approximate surface area is 112 Å². The third kappa shape index (κ3) is 6.92. The molecule has 0 aliphatic carbocycles. The highest BCUT2D eigenvalue weighted by molar-refractivity contribution is 5.75. The maximum atomic E-state index is 11.3. The first kappa shape index (κ1) is 14.8. The summed E-state index contributed by atoms with van der Waals surface area (Å²) < 4.78 is 9.85. The second kappa shape index (κ2) is 8.79. The molecule has 0 fully saturated rings. The fourth-order valence-electron chi connectivity index (χ4n) is 1.29. The summed E-state index contributed by atoms with van der Waals surface area (Å²) >= 11 is 0. The molecule has 0 heterocycles. The van der Waals surface area contributed by atoms with E-state index >= 15 is 0 Å². The summed E-state index contributed by atoms with van der Waals surface area (Å²) in [7, 11) is 1.31. The largest absolute Gasteiger partial charge is 0.492 e. The Bertz CT molecular complexity index is 395. The molecule has 0 aliphatic heterocycles. The van der Waals surface area contributed by atoms with Gasteiger partial charge in [-0.2, -0.15) is 0 Å². The van der Waals surface area contributed by atoms with Crippen LogP contribution in [0, 0.1) is 0 Å². The predicted molar refractivity (Wildman–Crippen MR) is 70.0 cm³/mol. The number of hydrogen-bond acceptors (Lipinski definition) is 4. The lowest BCUT2D eigenvalue weighted by molar-refractivity contribution is -0.140. The molecule has 0 spiro atoms. The van der Waals surface area contributed by atoms with Crippen LogP contribution >= 0.6 is 0 Å². The van der Waals surface area contributed by atoms with Crippen molar-refractivity contribution in [2.75, 3.05) is 26.8 Å². The van der Waals surface area contributed by atoms with Gasteiger partial charge >= 0.3 is 12.0 Å². The van der Waals surface area contributed by atoms with Crippen LogP contribution in [0.4, 0.5) is 4.79 Å². The van der Waals surface area contributed by atoms with E-state index in [1.807, 2.05) is 30.3 Å². The molecule has 1 aromatic carbocycles. The van der Waals surface area contributed by atoms with Crippen molar-refractivity contribution in [2.24, 2.45) is 0 Å². The van der Waals surface area contributed by atoms with Crippen LogP contribution in [-0.2, 0) is 9.53 Å². The van der Waals surface area contributed by atoms with Crippen molar-refractivity contribution in [3.8, 4) is 5.75 Å². The standard InChI is InChI=1S/C13H18N2O4/c1-18-12(16)7-8-14-13(17)15-9-10-19-11-5-3-2-4-6-11/h2-6H,7-10H2,1H3,(H2,14,15,17). The lowest BCUT2D eigenvalue weighted by Crippen LogP contribution is -2.38. The van der Waals surface area contributed by atoms with Crippen LogP contribution in [0.25, 0.3) is 0 Å². The van der Waals surface area contributed by atoms with Gasteiger partial charge in [0.15, 0.2) is 0 Å². The van der Waals surface area contributed by atoms with Gasteiger partial charge in [0.25, 0.3) is 0 Å². The Morgan fingerprint density at radius 3 is 2.47 bits per heavy atom. The molecule has 1 aromatic rings. The van der Waals surface area contributed by atoms with Gasteiger partial charge in [-0.1, -0.05) is 18.2 Å². The van der Waals surface area contributed by atoms with Crippen LogP contribution in [0.3, 0.4) is 0 Å². The molecule has 1 rings (SSSR count). The molecule has 2 N–H and O–H groups in total. The monoisotopic (exact) mass is 266 g/mol. The molecular formula is C13H18N2O4. The van der Waals surface area contributed by atoms with Crippen LogP contribution in [0.5, 0.6) is 5.75 Å². The van der Waals surface area contributed by atoms with Crippen LogP contribution in [0.15, 0.2) is 30.3 Å². The maximum Gasteiger partial charge on any atom is 0.314 e. The number of urea groups is 1. The van der Waals surface area contributed by atoms with Crippen molar-refractivity contribution in [3.63, 3.8) is 0 Å². The second-order valence-electron chi connectivity index (χ2n) is 3.67. The van der Waals surface area contributed by atoms with Gasteiger partial charge in [0.1, 0.15) is 12.4 Å². The minimum absolute atomic E-state index is 0.157. The maximum absolute atomic E-state index is 11.3. The Hall–Kier alpha value is -2.24. The Kier molecular flexibility index (Phi) is 6.86. The number of methoxy groups -OCH3 is 1. The topological polar surface area (TPSA) is 76.7 Å². The van der Waals surface area contributed by atoms with E-state index in [0.29, 0.717) is 13.2 Å². The Morgan fingerprint density at radius 1 is 1.11 bits per heavy atom. The zero-order valence-electron chi connectivity index (χ0n) is 10.8. The van der Waals surface area contributed by atoms with Crippen molar-refractivity contribution in [2.45, 2.75) is 6.42 Å². The van der Waals surface area contributed by atoms with Gasteiger partial charge in [-0.25, -0.2) is 4.79 Å². The summed E-state index contributed by atoms with van der Waals surface area (Å²) in [6.07, 6.45) is 0.157. The molecule has 0 radical (unpaired) electrons. The third-order valence-electron chi connectivity index (χ3n) is 2.24. The van der Waals surface area contributed by atoms with Crippen LogP contribution in [0.1, 0.15) is 6.42 Å². The molecule has 0 unspecified atom stereocenters. The number of esters is 1. The van der Waals surface area contributed by atoms with E-state index < -0.39 is 0 Å². The lowest BCUT2D eigenvalue weighted by atomic mass is 10.3. The van der Waals surface area contributed by atoms with Crippen LogP contribution in [-0.4, -0.2) is 38.8 Å². The molecule has 0 aromatic heterocycles. The molecule has 0 saturated heterocycles. The number of nitrogens with one attached hydrogen (secondary N) is 2. The number of hydrogen-bond donors (Lipinski definition) is 2. The summed E-state index contributed by atoms with van der Waals surface area (Å²) in [4.78, 5) is 22.1. The van der Waals surface area contributed by atoms with E-state index in [2.05, 4.69) is 15.4 Å². The zero-order valence-corrected chi connectivity index (χ0v) is 10.8. The van der Waals surface area contributed by atoms with E-state index in [1.165, 1.54) is 7.11 Å².